The summed E-state index contributed by atoms with van der Waals surface area (Å²) in [5.74, 6) is -0.971. The van der Waals surface area contributed by atoms with Crippen LogP contribution >= 0.6 is 0 Å². The highest BCUT2D eigenvalue weighted by Gasteiger charge is 2.16. The van der Waals surface area contributed by atoms with Crippen molar-refractivity contribution in [3.8, 4) is 11.1 Å². The summed E-state index contributed by atoms with van der Waals surface area (Å²) in [6.07, 6.45) is 6.14. The predicted molar refractivity (Wildman–Crippen MR) is 118 cm³/mol. The molecule has 32 heavy (non-hydrogen) atoms. The van der Waals surface area contributed by atoms with E-state index in [1.807, 2.05) is 30.6 Å². The van der Waals surface area contributed by atoms with Gasteiger partial charge in [-0.25, -0.2) is 4.39 Å². The SMILES string of the molecule is O=C(Nc1cncc(F)c1)c1n[nH]c2ccc(-c3cncc(CN4CCOCC4)c3)cc12. The fraction of sp³-hybridized carbons (Fsp3) is 0.217. The summed E-state index contributed by atoms with van der Waals surface area (Å²) in [4.78, 5) is 23.3. The van der Waals surface area contributed by atoms with E-state index in [2.05, 4.69) is 36.4 Å². The van der Waals surface area contributed by atoms with Gasteiger partial charge in [0, 0.05) is 49.0 Å². The second-order valence-corrected chi connectivity index (χ2v) is 7.65. The molecule has 0 saturated carbocycles. The fourth-order valence-electron chi connectivity index (χ4n) is 3.79. The van der Waals surface area contributed by atoms with Crippen molar-refractivity contribution in [1.29, 1.82) is 0 Å². The van der Waals surface area contributed by atoms with Crippen LogP contribution in [0.25, 0.3) is 22.0 Å². The third-order valence-electron chi connectivity index (χ3n) is 5.38. The van der Waals surface area contributed by atoms with Gasteiger partial charge in [0.15, 0.2) is 5.69 Å². The van der Waals surface area contributed by atoms with E-state index in [9.17, 15) is 9.18 Å². The lowest BCUT2D eigenvalue weighted by Crippen LogP contribution is -2.35. The Morgan fingerprint density at radius 2 is 1.91 bits per heavy atom. The Labute approximate surface area is 183 Å². The van der Waals surface area contributed by atoms with Crippen molar-refractivity contribution in [2.75, 3.05) is 31.6 Å². The molecule has 1 amide bonds. The van der Waals surface area contributed by atoms with Crippen molar-refractivity contribution >= 4 is 22.5 Å². The van der Waals surface area contributed by atoms with Crippen LogP contribution < -0.4 is 5.32 Å². The van der Waals surface area contributed by atoms with Crippen LogP contribution in [-0.4, -0.2) is 57.3 Å². The normalized spacial score (nSPS) is 14.5. The first-order chi connectivity index (χ1) is 15.7. The molecule has 1 aliphatic heterocycles. The van der Waals surface area contributed by atoms with Crippen LogP contribution in [-0.2, 0) is 11.3 Å². The van der Waals surface area contributed by atoms with E-state index < -0.39 is 11.7 Å². The summed E-state index contributed by atoms with van der Waals surface area (Å²) in [7, 11) is 0. The number of aromatic amines is 1. The quantitative estimate of drug-likeness (QED) is 0.503. The monoisotopic (exact) mass is 432 g/mol. The molecule has 9 heteroatoms. The van der Waals surface area contributed by atoms with Crippen LogP contribution in [0.1, 0.15) is 16.1 Å². The molecule has 1 fully saturated rings. The lowest BCUT2D eigenvalue weighted by Gasteiger charge is -2.26. The Hall–Kier alpha value is -3.69. The third-order valence-corrected chi connectivity index (χ3v) is 5.38. The number of amides is 1. The summed E-state index contributed by atoms with van der Waals surface area (Å²) < 4.78 is 18.8. The molecule has 0 aliphatic carbocycles. The predicted octanol–water partition coefficient (Wildman–Crippen LogP) is 3.24. The second kappa shape index (κ2) is 8.81. The number of anilines is 1. The van der Waals surface area contributed by atoms with Gasteiger partial charge in [-0.2, -0.15) is 5.10 Å². The number of hydrogen-bond donors (Lipinski definition) is 2. The van der Waals surface area contributed by atoms with Gasteiger partial charge in [-0.05, 0) is 29.3 Å². The van der Waals surface area contributed by atoms with Crippen molar-refractivity contribution in [3.63, 3.8) is 0 Å². The molecule has 0 radical (unpaired) electrons. The van der Waals surface area contributed by atoms with Crippen LogP contribution in [0.4, 0.5) is 10.1 Å². The number of halogens is 1. The molecule has 0 unspecified atom stereocenters. The van der Waals surface area contributed by atoms with Gasteiger partial charge >= 0.3 is 0 Å². The zero-order valence-corrected chi connectivity index (χ0v) is 17.2. The minimum Gasteiger partial charge on any atom is -0.379 e. The maximum atomic E-state index is 13.4. The molecular weight excluding hydrogens is 411 g/mol. The Kier molecular flexibility index (Phi) is 5.57. The molecule has 1 saturated heterocycles. The van der Waals surface area contributed by atoms with Gasteiger partial charge in [0.2, 0.25) is 0 Å². The van der Waals surface area contributed by atoms with Gasteiger partial charge in [-0.3, -0.25) is 24.8 Å². The molecule has 0 atom stereocenters. The Balaban J connectivity index is 1.41. The van der Waals surface area contributed by atoms with Crippen LogP contribution in [0.3, 0.4) is 0 Å². The number of carbonyl (C=O) groups is 1. The topological polar surface area (TPSA) is 96.0 Å². The van der Waals surface area contributed by atoms with Crippen LogP contribution in [0.5, 0.6) is 0 Å². The summed E-state index contributed by atoms with van der Waals surface area (Å²) in [6, 6.07) is 9.08. The van der Waals surface area contributed by atoms with E-state index in [-0.39, 0.29) is 11.4 Å². The standard InChI is InChI=1S/C23H21FN6O2/c24-18-9-19(13-26-12-18)27-23(31)22-20-8-16(1-2-21(20)28-29-22)17-7-15(10-25-11-17)14-30-3-5-32-6-4-30/h1-2,7-13H,3-6,14H2,(H,27,31)(H,28,29). The fourth-order valence-corrected chi connectivity index (χ4v) is 3.79. The smallest absolute Gasteiger partial charge is 0.276 e. The summed E-state index contributed by atoms with van der Waals surface area (Å²) in [6.45, 7) is 4.13. The largest absolute Gasteiger partial charge is 0.379 e. The van der Waals surface area contributed by atoms with E-state index in [0.717, 1.165) is 61.3 Å². The number of nitrogens with one attached hydrogen (secondary N) is 2. The molecule has 8 nitrogen and oxygen atoms in total. The lowest BCUT2D eigenvalue weighted by molar-refractivity contribution is 0.0341. The Morgan fingerprint density at radius 3 is 2.75 bits per heavy atom. The maximum Gasteiger partial charge on any atom is 0.276 e. The zero-order chi connectivity index (χ0) is 21.9. The first kappa shape index (κ1) is 20.2. The average molecular weight is 432 g/mol. The van der Waals surface area contributed by atoms with Gasteiger partial charge in [0.1, 0.15) is 5.82 Å². The van der Waals surface area contributed by atoms with Crippen molar-refractivity contribution in [3.05, 3.63) is 72.2 Å². The van der Waals surface area contributed by atoms with Crippen molar-refractivity contribution < 1.29 is 13.9 Å². The van der Waals surface area contributed by atoms with Crippen LogP contribution in [0.15, 0.2) is 55.1 Å². The van der Waals surface area contributed by atoms with E-state index in [4.69, 9.17) is 4.74 Å². The minimum absolute atomic E-state index is 0.226. The second-order valence-electron chi connectivity index (χ2n) is 7.65. The number of benzene rings is 1. The number of nitrogens with zero attached hydrogens (tertiary/aromatic N) is 4. The number of H-pyrrole nitrogens is 1. The van der Waals surface area contributed by atoms with Crippen molar-refractivity contribution in [1.82, 2.24) is 25.1 Å². The minimum atomic E-state index is -0.526. The molecule has 0 bridgehead atoms. The molecule has 2 N–H and O–H groups in total. The highest BCUT2D eigenvalue weighted by Crippen LogP contribution is 2.26. The first-order valence-electron chi connectivity index (χ1n) is 10.3. The molecule has 4 heterocycles. The van der Waals surface area contributed by atoms with E-state index in [0.29, 0.717) is 5.39 Å². The third kappa shape index (κ3) is 4.34. The maximum absolute atomic E-state index is 13.4. The molecule has 4 aromatic rings. The molecule has 162 valence electrons. The molecular formula is C23H21FN6O2. The number of rotatable bonds is 5. The Bertz CT molecular complexity index is 1270. The summed E-state index contributed by atoms with van der Waals surface area (Å²) >= 11 is 0. The molecule has 1 aliphatic rings. The van der Waals surface area contributed by atoms with Gasteiger partial charge < -0.3 is 10.1 Å². The van der Waals surface area contributed by atoms with Gasteiger partial charge in [0.05, 0.1) is 36.8 Å². The van der Waals surface area contributed by atoms with Crippen LogP contribution in [0.2, 0.25) is 0 Å². The van der Waals surface area contributed by atoms with Crippen LogP contribution in [0, 0.1) is 5.82 Å². The zero-order valence-electron chi connectivity index (χ0n) is 17.2. The molecule has 0 spiro atoms. The lowest BCUT2D eigenvalue weighted by atomic mass is 10.0. The number of morpholine rings is 1. The Morgan fingerprint density at radius 1 is 1.06 bits per heavy atom. The van der Waals surface area contributed by atoms with Gasteiger partial charge in [0.25, 0.3) is 5.91 Å². The van der Waals surface area contributed by atoms with E-state index in [1.165, 1.54) is 12.3 Å². The number of pyridine rings is 2. The first-order valence-corrected chi connectivity index (χ1v) is 10.3. The highest BCUT2D eigenvalue weighted by atomic mass is 19.1. The van der Waals surface area contributed by atoms with Gasteiger partial charge in [-0.1, -0.05) is 6.07 Å². The number of ether oxygens (including phenoxy) is 1. The molecule has 3 aromatic heterocycles. The van der Waals surface area contributed by atoms with Crippen molar-refractivity contribution in [2.45, 2.75) is 6.54 Å². The number of hydrogen-bond acceptors (Lipinski definition) is 6. The molecule has 5 rings (SSSR count). The highest BCUT2D eigenvalue weighted by molar-refractivity contribution is 6.11. The number of fused-ring (bicyclic) bond motifs is 1. The summed E-state index contributed by atoms with van der Waals surface area (Å²) in [5.41, 5.74) is 4.23. The average Bonchev–Trinajstić information content (AvgIpc) is 3.23. The van der Waals surface area contributed by atoms with E-state index >= 15 is 0 Å². The molecule has 1 aromatic carbocycles. The van der Waals surface area contributed by atoms with Crippen molar-refractivity contribution in [2.24, 2.45) is 0 Å². The number of aromatic nitrogens is 4. The van der Waals surface area contributed by atoms with Gasteiger partial charge in [-0.15, -0.1) is 0 Å². The van der Waals surface area contributed by atoms with E-state index in [1.54, 1.807) is 0 Å². The summed E-state index contributed by atoms with van der Waals surface area (Å²) in [5, 5.41) is 10.3. The number of carbonyl (C=O) groups excluding carboxylic acids is 1.